The number of hydrogen-bond acceptors (Lipinski definition) is 5. The van der Waals surface area contributed by atoms with Gasteiger partial charge in [0.25, 0.3) is 5.91 Å². The first-order chi connectivity index (χ1) is 15.5. The van der Waals surface area contributed by atoms with E-state index in [4.69, 9.17) is 14.2 Å². The molecule has 1 saturated heterocycles. The Kier molecular flexibility index (Phi) is 5.41. The van der Waals surface area contributed by atoms with Gasteiger partial charge in [-0.3, -0.25) is 9.59 Å². The van der Waals surface area contributed by atoms with E-state index in [2.05, 4.69) is 0 Å². The zero-order chi connectivity index (χ0) is 22.2. The molecular formula is C25H28N2O5. The van der Waals surface area contributed by atoms with Gasteiger partial charge in [-0.2, -0.15) is 0 Å². The van der Waals surface area contributed by atoms with Gasteiger partial charge >= 0.3 is 0 Å². The van der Waals surface area contributed by atoms with Crippen molar-refractivity contribution >= 4 is 11.8 Å². The van der Waals surface area contributed by atoms with Gasteiger partial charge in [0.1, 0.15) is 5.75 Å². The third-order valence-corrected chi connectivity index (χ3v) is 6.28. The fourth-order valence-corrected chi connectivity index (χ4v) is 4.48. The lowest BCUT2D eigenvalue weighted by Gasteiger charge is -2.35. The summed E-state index contributed by atoms with van der Waals surface area (Å²) in [4.78, 5) is 29.6. The van der Waals surface area contributed by atoms with E-state index >= 15 is 0 Å². The zero-order valence-electron chi connectivity index (χ0n) is 18.5. The highest BCUT2D eigenvalue weighted by Gasteiger charge is 2.46. The van der Waals surface area contributed by atoms with Crippen molar-refractivity contribution in [3.63, 3.8) is 0 Å². The van der Waals surface area contributed by atoms with E-state index in [0.717, 1.165) is 29.2 Å². The van der Waals surface area contributed by atoms with Crippen LogP contribution in [0.4, 0.5) is 0 Å². The third-order valence-electron chi connectivity index (χ3n) is 6.28. The fourth-order valence-electron chi connectivity index (χ4n) is 4.48. The molecule has 7 nitrogen and oxygen atoms in total. The minimum atomic E-state index is -0.00199. The smallest absolute Gasteiger partial charge is 0.253 e. The Balaban J connectivity index is 1.14. The van der Waals surface area contributed by atoms with Gasteiger partial charge in [-0.25, -0.2) is 0 Å². The van der Waals surface area contributed by atoms with Crippen LogP contribution in [-0.2, 0) is 4.79 Å². The lowest BCUT2D eigenvalue weighted by Crippen LogP contribution is -2.51. The lowest BCUT2D eigenvalue weighted by molar-refractivity contribution is -0.134. The van der Waals surface area contributed by atoms with Crippen LogP contribution >= 0.6 is 0 Å². The topological polar surface area (TPSA) is 68.3 Å². The average Bonchev–Trinajstić information content (AvgIpc) is 3.47. The molecule has 2 atom stereocenters. The quantitative estimate of drug-likeness (QED) is 0.720. The van der Waals surface area contributed by atoms with Crippen LogP contribution < -0.4 is 14.2 Å². The first kappa shape index (κ1) is 20.7. The van der Waals surface area contributed by atoms with Crippen molar-refractivity contribution in [3.05, 3.63) is 53.6 Å². The van der Waals surface area contributed by atoms with Crippen molar-refractivity contribution in [2.75, 3.05) is 33.0 Å². The number of carbonyl (C=O) groups is 2. The van der Waals surface area contributed by atoms with E-state index in [-0.39, 0.29) is 36.5 Å². The Morgan fingerprint density at radius 2 is 1.62 bits per heavy atom. The molecule has 0 N–H and O–H groups in total. The molecule has 32 heavy (non-hydrogen) atoms. The molecule has 2 aliphatic heterocycles. The van der Waals surface area contributed by atoms with E-state index < -0.39 is 0 Å². The minimum Gasteiger partial charge on any atom is -0.491 e. The minimum absolute atomic E-state index is 0.00199. The Morgan fingerprint density at radius 1 is 0.938 bits per heavy atom. The van der Waals surface area contributed by atoms with Crippen molar-refractivity contribution in [1.29, 1.82) is 0 Å². The van der Waals surface area contributed by atoms with Crippen molar-refractivity contribution in [1.82, 2.24) is 9.80 Å². The second kappa shape index (κ2) is 8.37. The van der Waals surface area contributed by atoms with Gasteiger partial charge in [0, 0.05) is 37.7 Å². The average molecular weight is 437 g/mol. The van der Waals surface area contributed by atoms with Crippen LogP contribution in [0.25, 0.3) is 0 Å². The summed E-state index contributed by atoms with van der Waals surface area (Å²) in [5, 5.41) is 0. The van der Waals surface area contributed by atoms with E-state index in [0.29, 0.717) is 31.7 Å². The third kappa shape index (κ3) is 4.11. The highest BCUT2D eigenvalue weighted by Crippen LogP contribution is 2.50. The molecule has 0 radical (unpaired) electrons. The summed E-state index contributed by atoms with van der Waals surface area (Å²) < 4.78 is 16.5. The molecule has 1 aliphatic carbocycles. The van der Waals surface area contributed by atoms with Crippen molar-refractivity contribution in [3.8, 4) is 17.2 Å². The Morgan fingerprint density at radius 3 is 2.34 bits per heavy atom. The first-order valence-electron chi connectivity index (χ1n) is 11.2. The van der Waals surface area contributed by atoms with Crippen LogP contribution in [0.1, 0.15) is 42.1 Å². The van der Waals surface area contributed by atoms with Crippen LogP contribution in [0.15, 0.2) is 42.5 Å². The largest absolute Gasteiger partial charge is 0.491 e. The molecule has 2 unspecified atom stereocenters. The maximum atomic E-state index is 13.0. The molecule has 168 valence electrons. The summed E-state index contributed by atoms with van der Waals surface area (Å²) in [6.45, 7) is 6.45. The zero-order valence-corrected chi connectivity index (χ0v) is 18.5. The second-order valence-electron chi connectivity index (χ2n) is 8.87. The molecule has 2 aromatic carbocycles. The lowest BCUT2D eigenvalue weighted by atomic mass is 10.1. The van der Waals surface area contributed by atoms with E-state index in [1.54, 1.807) is 12.1 Å². The fraction of sp³-hybridized carbons (Fsp3) is 0.440. The summed E-state index contributed by atoms with van der Waals surface area (Å²) in [7, 11) is 0. The molecule has 0 spiro atoms. The maximum Gasteiger partial charge on any atom is 0.253 e. The van der Waals surface area contributed by atoms with Crippen LogP contribution in [0.3, 0.4) is 0 Å². The SMILES string of the molecule is CC(C)Oc1ccc(C(=O)N2CCN(C(=O)C3CC3c3ccc4c(c3)OCO4)CC2)cc1. The van der Waals surface area contributed by atoms with Gasteiger partial charge in [-0.1, -0.05) is 6.07 Å². The van der Waals surface area contributed by atoms with Gasteiger partial charge in [0.05, 0.1) is 6.10 Å². The van der Waals surface area contributed by atoms with Crippen molar-refractivity contribution in [2.45, 2.75) is 32.3 Å². The van der Waals surface area contributed by atoms with Gasteiger partial charge in [-0.05, 0) is 68.1 Å². The molecule has 1 saturated carbocycles. The Labute approximate surface area is 187 Å². The number of carbonyl (C=O) groups excluding carboxylic acids is 2. The van der Waals surface area contributed by atoms with Crippen LogP contribution in [0.2, 0.25) is 0 Å². The number of nitrogens with zero attached hydrogens (tertiary/aromatic N) is 2. The van der Waals surface area contributed by atoms with E-state index in [1.807, 2.05) is 54.0 Å². The van der Waals surface area contributed by atoms with Gasteiger partial charge in [0.15, 0.2) is 11.5 Å². The summed E-state index contributed by atoms with van der Waals surface area (Å²) in [5.41, 5.74) is 1.78. The standard InChI is InChI=1S/C25H28N2O5/c1-16(2)32-19-6-3-17(4-7-19)24(28)26-9-11-27(12-10-26)25(29)21-14-20(21)18-5-8-22-23(13-18)31-15-30-22/h3-8,13,16,20-21H,9-12,14-15H2,1-2H3. The molecule has 0 bridgehead atoms. The molecule has 7 heteroatoms. The van der Waals surface area contributed by atoms with Crippen LogP contribution in [0, 0.1) is 5.92 Å². The number of rotatable bonds is 5. The number of fused-ring (bicyclic) bond motifs is 1. The van der Waals surface area contributed by atoms with Gasteiger partial charge in [0.2, 0.25) is 12.7 Å². The molecule has 2 aromatic rings. The van der Waals surface area contributed by atoms with Crippen LogP contribution in [0.5, 0.6) is 17.2 Å². The summed E-state index contributed by atoms with van der Waals surface area (Å²) >= 11 is 0. The van der Waals surface area contributed by atoms with Gasteiger partial charge in [-0.15, -0.1) is 0 Å². The Bertz CT molecular complexity index is 1010. The molecule has 2 heterocycles. The summed E-state index contributed by atoms with van der Waals surface area (Å²) in [5.74, 6) is 2.73. The Hall–Kier alpha value is -3.22. The normalized spacial score (nSPS) is 21.6. The summed E-state index contributed by atoms with van der Waals surface area (Å²) in [6.07, 6.45) is 0.959. The van der Waals surface area contributed by atoms with Crippen LogP contribution in [-0.4, -0.2) is 60.7 Å². The molecule has 5 rings (SSSR count). The highest BCUT2D eigenvalue weighted by molar-refractivity contribution is 5.94. The predicted octanol–water partition coefficient (Wildman–Crippen LogP) is 3.29. The second-order valence-corrected chi connectivity index (χ2v) is 8.87. The number of amides is 2. The number of ether oxygens (including phenoxy) is 3. The molecule has 3 aliphatic rings. The predicted molar refractivity (Wildman–Crippen MR) is 118 cm³/mol. The van der Waals surface area contributed by atoms with Gasteiger partial charge < -0.3 is 24.0 Å². The molecule has 2 amide bonds. The maximum absolute atomic E-state index is 13.0. The molecular weight excluding hydrogens is 408 g/mol. The monoisotopic (exact) mass is 436 g/mol. The number of benzene rings is 2. The first-order valence-corrected chi connectivity index (χ1v) is 11.2. The molecule has 2 fully saturated rings. The van der Waals surface area contributed by atoms with Crippen molar-refractivity contribution < 1.29 is 23.8 Å². The van der Waals surface area contributed by atoms with E-state index in [9.17, 15) is 9.59 Å². The summed E-state index contributed by atoms with van der Waals surface area (Å²) in [6, 6.07) is 13.2. The molecule has 0 aromatic heterocycles. The van der Waals surface area contributed by atoms with E-state index in [1.165, 1.54) is 0 Å². The highest BCUT2D eigenvalue weighted by atomic mass is 16.7. The number of piperazine rings is 1. The number of hydrogen-bond donors (Lipinski definition) is 0. The van der Waals surface area contributed by atoms with Crippen molar-refractivity contribution in [2.24, 2.45) is 5.92 Å².